The Hall–Kier alpha value is -2.76. The Morgan fingerprint density at radius 2 is 1.67 bits per heavy atom. The fraction of sp³-hybridized carbons (Fsp3) is 0.333. The van der Waals surface area contributed by atoms with E-state index < -0.39 is 11.9 Å². The summed E-state index contributed by atoms with van der Waals surface area (Å²) in [6.45, 7) is 5.39. The van der Waals surface area contributed by atoms with E-state index in [1.54, 1.807) is 32.9 Å². The zero-order valence-corrected chi connectivity index (χ0v) is 14.2. The van der Waals surface area contributed by atoms with Crippen LogP contribution in [0.5, 0.6) is 5.75 Å². The second-order valence-electron chi connectivity index (χ2n) is 4.88. The first-order valence-electron chi connectivity index (χ1n) is 7.66. The van der Waals surface area contributed by atoms with Gasteiger partial charge in [-0.1, -0.05) is 18.2 Å². The van der Waals surface area contributed by atoms with Gasteiger partial charge in [-0.15, -0.1) is 0 Å². The quantitative estimate of drug-likeness (QED) is 0.752. The molecule has 0 bridgehead atoms. The van der Waals surface area contributed by atoms with Gasteiger partial charge in [-0.25, -0.2) is 9.59 Å². The summed E-state index contributed by atoms with van der Waals surface area (Å²) >= 11 is 0. The lowest BCUT2D eigenvalue weighted by Gasteiger charge is -2.10. The summed E-state index contributed by atoms with van der Waals surface area (Å²) in [6, 6.07) is 7.17. The predicted molar refractivity (Wildman–Crippen MR) is 87.3 cm³/mol. The third kappa shape index (κ3) is 3.27. The Morgan fingerprint density at radius 3 is 2.29 bits per heavy atom. The molecule has 0 aliphatic heterocycles. The van der Waals surface area contributed by atoms with Gasteiger partial charge in [-0.05, 0) is 26.8 Å². The summed E-state index contributed by atoms with van der Waals surface area (Å²) in [6.07, 6.45) is 0. The zero-order chi connectivity index (χ0) is 17.7. The average Bonchev–Trinajstić information content (AvgIpc) is 2.92. The molecule has 0 radical (unpaired) electrons. The Labute approximate surface area is 140 Å². The van der Waals surface area contributed by atoms with E-state index in [2.05, 4.69) is 0 Å². The van der Waals surface area contributed by atoms with Crippen molar-refractivity contribution in [1.29, 1.82) is 0 Å². The van der Waals surface area contributed by atoms with Crippen LogP contribution in [0.1, 0.15) is 40.5 Å². The first-order chi connectivity index (χ1) is 11.5. The summed E-state index contributed by atoms with van der Waals surface area (Å²) in [7, 11) is 1.53. The molecule has 2 aromatic rings. The minimum atomic E-state index is -0.704. The number of ether oxygens (including phenoxy) is 3. The molecule has 6 heteroatoms. The fourth-order valence-electron chi connectivity index (χ4n) is 2.46. The summed E-state index contributed by atoms with van der Waals surface area (Å²) in [5.41, 5.74) is 1.16. The van der Waals surface area contributed by atoms with Gasteiger partial charge < -0.3 is 18.6 Å². The van der Waals surface area contributed by atoms with Gasteiger partial charge in [0.25, 0.3) is 0 Å². The van der Waals surface area contributed by atoms with Crippen molar-refractivity contribution in [1.82, 2.24) is 0 Å². The molecule has 0 atom stereocenters. The van der Waals surface area contributed by atoms with Gasteiger partial charge in [0.15, 0.2) is 0 Å². The van der Waals surface area contributed by atoms with Crippen molar-refractivity contribution in [3.05, 3.63) is 41.3 Å². The number of hydrogen-bond donors (Lipinski definition) is 0. The minimum absolute atomic E-state index is 0.0531. The van der Waals surface area contributed by atoms with Crippen molar-refractivity contribution >= 4 is 11.9 Å². The lowest BCUT2D eigenvalue weighted by molar-refractivity contribution is 0.0451. The van der Waals surface area contributed by atoms with Crippen LogP contribution < -0.4 is 4.74 Å². The largest absolute Gasteiger partial charge is 0.496 e. The summed E-state index contributed by atoms with van der Waals surface area (Å²) in [5.74, 6) is -0.537. The lowest BCUT2D eigenvalue weighted by atomic mass is 9.99. The van der Waals surface area contributed by atoms with Gasteiger partial charge >= 0.3 is 11.9 Å². The van der Waals surface area contributed by atoms with E-state index in [0.717, 1.165) is 0 Å². The maximum atomic E-state index is 12.5. The Kier molecular flexibility index (Phi) is 5.63. The van der Waals surface area contributed by atoms with Crippen LogP contribution in [-0.4, -0.2) is 32.3 Å². The van der Waals surface area contributed by atoms with Crippen molar-refractivity contribution in [2.45, 2.75) is 20.8 Å². The van der Waals surface area contributed by atoms with E-state index in [9.17, 15) is 9.59 Å². The number of carbonyl (C=O) groups is 2. The first-order valence-corrected chi connectivity index (χ1v) is 7.66. The highest BCUT2D eigenvalue weighted by atomic mass is 16.5. The van der Waals surface area contributed by atoms with E-state index in [1.165, 1.54) is 7.11 Å². The molecule has 0 fully saturated rings. The van der Waals surface area contributed by atoms with Crippen LogP contribution in [-0.2, 0) is 9.47 Å². The van der Waals surface area contributed by atoms with Crippen LogP contribution in [0.25, 0.3) is 11.1 Å². The van der Waals surface area contributed by atoms with Crippen LogP contribution in [0, 0.1) is 6.92 Å². The van der Waals surface area contributed by atoms with Gasteiger partial charge in [-0.3, -0.25) is 0 Å². The number of esters is 2. The molecule has 1 aromatic carbocycles. The Balaban J connectivity index is 2.70. The topological polar surface area (TPSA) is 75.0 Å². The number of furan rings is 1. The minimum Gasteiger partial charge on any atom is -0.496 e. The van der Waals surface area contributed by atoms with Crippen LogP contribution >= 0.6 is 0 Å². The number of methoxy groups -OCH3 is 1. The molecule has 0 amide bonds. The number of carbonyl (C=O) groups excluding carboxylic acids is 2. The van der Waals surface area contributed by atoms with Crippen molar-refractivity contribution in [2.24, 2.45) is 0 Å². The van der Waals surface area contributed by atoms with Gasteiger partial charge in [0.05, 0.1) is 20.3 Å². The summed E-state index contributed by atoms with van der Waals surface area (Å²) < 4.78 is 21.0. The van der Waals surface area contributed by atoms with Crippen LogP contribution in [0.4, 0.5) is 0 Å². The fourth-order valence-corrected chi connectivity index (χ4v) is 2.46. The number of rotatable bonds is 6. The average molecular weight is 332 g/mol. The monoisotopic (exact) mass is 332 g/mol. The van der Waals surface area contributed by atoms with Gasteiger partial charge in [0, 0.05) is 11.1 Å². The van der Waals surface area contributed by atoms with E-state index in [-0.39, 0.29) is 24.5 Å². The molecule has 0 saturated carbocycles. The molecule has 6 nitrogen and oxygen atoms in total. The highest BCUT2D eigenvalue weighted by Crippen LogP contribution is 2.38. The Morgan fingerprint density at radius 1 is 1.04 bits per heavy atom. The number of para-hydroxylation sites is 1. The van der Waals surface area contributed by atoms with E-state index >= 15 is 0 Å². The molecule has 2 rings (SSSR count). The standard InChI is InChI=1S/C18H20O6/c1-5-22-17(19)15-14(12-9-7-8-10-13(12)21-4)11(3)24-16(15)18(20)23-6-2/h7-10H,5-6H2,1-4H3. The normalized spacial score (nSPS) is 10.3. The molecular formula is C18H20O6. The molecule has 24 heavy (non-hydrogen) atoms. The molecular weight excluding hydrogens is 312 g/mol. The molecule has 128 valence electrons. The van der Waals surface area contributed by atoms with Crippen molar-refractivity contribution in [3.8, 4) is 16.9 Å². The lowest BCUT2D eigenvalue weighted by Crippen LogP contribution is -2.13. The Bertz CT molecular complexity index is 744. The molecule has 0 N–H and O–H groups in total. The maximum absolute atomic E-state index is 12.5. The molecule has 0 aliphatic rings. The molecule has 1 aromatic heterocycles. The second-order valence-corrected chi connectivity index (χ2v) is 4.88. The molecule has 0 unspecified atom stereocenters. The third-order valence-corrected chi connectivity index (χ3v) is 3.40. The zero-order valence-electron chi connectivity index (χ0n) is 14.2. The SMILES string of the molecule is CCOC(=O)c1oc(C)c(-c2ccccc2OC)c1C(=O)OCC. The molecule has 1 heterocycles. The van der Waals surface area contributed by atoms with E-state index in [0.29, 0.717) is 22.6 Å². The van der Waals surface area contributed by atoms with Crippen LogP contribution in [0.3, 0.4) is 0 Å². The summed E-state index contributed by atoms with van der Waals surface area (Å²) in [5, 5.41) is 0. The van der Waals surface area contributed by atoms with Gasteiger partial charge in [0.1, 0.15) is 17.1 Å². The molecule has 0 spiro atoms. The highest BCUT2D eigenvalue weighted by Gasteiger charge is 2.31. The number of hydrogen-bond acceptors (Lipinski definition) is 6. The van der Waals surface area contributed by atoms with Gasteiger partial charge in [0.2, 0.25) is 5.76 Å². The number of aryl methyl sites for hydroxylation is 1. The van der Waals surface area contributed by atoms with Crippen molar-refractivity contribution < 1.29 is 28.2 Å². The van der Waals surface area contributed by atoms with Crippen molar-refractivity contribution in [3.63, 3.8) is 0 Å². The molecule has 0 aliphatic carbocycles. The second kappa shape index (κ2) is 7.68. The van der Waals surface area contributed by atoms with Gasteiger partial charge in [-0.2, -0.15) is 0 Å². The predicted octanol–water partition coefficient (Wildman–Crippen LogP) is 3.62. The smallest absolute Gasteiger partial charge is 0.375 e. The highest BCUT2D eigenvalue weighted by molar-refractivity contribution is 6.07. The summed E-state index contributed by atoms with van der Waals surface area (Å²) in [4.78, 5) is 24.6. The maximum Gasteiger partial charge on any atom is 0.375 e. The van der Waals surface area contributed by atoms with Crippen LogP contribution in [0.15, 0.2) is 28.7 Å². The van der Waals surface area contributed by atoms with E-state index in [4.69, 9.17) is 18.6 Å². The van der Waals surface area contributed by atoms with Crippen LogP contribution in [0.2, 0.25) is 0 Å². The molecule has 0 saturated heterocycles. The van der Waals surface area contributed by atoms with E-state index in [1.807, 2.05) is 12.1 Å². The van der Waals surface area contributed by atoms with Crippen molar-refractivity contribution in [2.75, 3.05) is 20.3 Å². The third-order valence-electron chi connectivity index (χ3n) is 3.40. The number of benzene rings is 1. The first kappa shape index (κ1) is 17.6.